The summed E-state index contributed by atoms with van der Waals surface area (Å²) in [5, 5.41) is 0. The van der Waals surface area contributed by atoms with E-state index >= 15 is 0 Å². The Morgan fingerprint density at radius 1 is 1.07 bits per heavy atom. The van der Waals surface area contributed by atoms with Crippen LogP contribution in [0.1, 0.15) is 68.2 Å². The molecule has 0 unspecified atom stereocenters. The van der Waals surface area contributed by atoms with Crippen LogP contribution >= 0.6 is 0 Å². The highest BCUT2D eigenvalue weighted by Gasteiger charge is 2.51. The molecule has 0 atom stereocenters. The van der Waals surface area contributed by atoms with Crippen LogP contribution in [-0.4, -0.2) is 23.8 Å². The smallest absolute Gasteiger partial charge is 0.447 e. The summed E-state index contributed by atoms with van der Waals surface area (Å²) in [6.07, 6.45) is 3.18. The molecule has 1 saturated carbocycles. The fourth-order valence-electron chi connectivity index (χ4n) is 4.28. The molecular weight excluding hydrogens is 344 g/mol. The van der Waals surface area contributed by atoms with Crippen LogP contribution in [-0.2, 0) is 19.0 Å². The molecule has 0 saturated heterocycles. The predicted octanol–water partition coefficient (Wildman–Crippen LogP) is 5.14. The Morgan fingerprint density at radius 2 is 1.67 bits per heavy atom. The zero-order valence-corrected chi connectivity index (χ0v) is 16.8. The molecule has 0 amide bonds. The minimum Gasteiger partial charge on any atom is -0.447 e. The molecule has 27 heavy (non-hydrogen) atoms. The molecular formula is C22H28O5. The maximum atomic E-state index is 12.9. The van der Waals surface area contributed by atoms with Crippen molar-refractivity contribution < 1.29 is 23.8 Å². The van der Waals surface area contributed by atoms with Crippen LogP contribution < -0.4 is 0 Å². The number of benzene rings is 1. The maximum absolute atomic E-state index is 12.9. The standard InChI is InChI=1S/C22H28O5/c1-13(2)25-21(24)26-19-18(17-15(4)11-14(3)12-16(17)5)20(23)27-22(19)9-7-6-8-10-22/h11-13H,6-10H2,1-5H3. The lowest BCUT2D eigenvalue weighted by atomic mass is 9.81. The largest absolute Gasteiger partial charge is 0.513 e. The van der Waals surface area contributed by atoms with Crippen molar-refractivity contribution in [3.05, 3.63) is 40.1 Å². The first-order chi connectivity index (χ1) is 12.7. The van der Waals surface area contributed by atoms with Crippen molar-refractivity contribution in [3.8, 4) is 0 Å². The molecule has 1 aromatic rings. The number of hydrogen-bond donors (Lipinski definition) is 0. The summed E-state index contributed by atoms with van der Waals surface area (Å²) in [6, 6.07) is 4.05. The average Bonchev–Trinajstić information content (AvgIpc) is 2.79. The lowest BCUT2D eigenvalue weighted by Gasteiger charge is -2.33. The van der Waals surface area contributed by atoms with Gasteiger partial charge in [-0.05, 0) is 77.0 Å². The highest BCUT2D eigenvalue weighted by atomic mass is 16.7. The van der Waals surface area contributed by atoms with Crippen LogP contribution in [0, 0.1) is 20.8 Å². The number of rotatable bonds is 3. The van der Waals surface area contributed by atoms with Gasteiger partial charge in [0.25, 0.3) is 0 Å². The van der Waals surface area contributed by atoms with Gasteiger partial charge >= 0.3 is 12.1 Å². The fraction of sp³-hybridized carbons (Fsp3) is 0.545. The topological polar surface area (TPSA) is 61.8 Å². The van der Waals surface area contributed by atoms with Gasteiger partial charge < -0.3 is 14.2 Å². The molecule has 0 N–H and O–H groups in total. The number of carbonyl (C=O) groups is 2. The lowest BCUT2D eigenvalue weighted by Crippen LogP contribution is -2.36. The zero-order valence-electron chi connectivity index (χ0n) is 16.8. The van der Waals surface area contributed by atoms with Gasteiger partial charge in [0.2, 0.25) is 0 Å². The first-order valence-corrected chi connectivity index (χ1v) is 9.68. The molecule has 1 aliphatic carbocycles. The third kappa shape index (κ3) is 3.73. The van der Waals surface area contributed by atoms with Crippen LogP contribution in [0.3, 0.4) is 0 Å². The minimum absolute atomic E-state index is 0.301. The van der Waals surface area contributed by atoms with E-state index in [-0.39, 0.29) is 6.10 Å². The summed E-state index contributed by atoms with van der Waals surface area (Å²) in [4.78, 5) is 25.2. The van der Waals surface area contributed by atoms with Crippen molar-refractivity contribution in [2.75, 3.05) is 0 Å². The van der Waals surface area contributed by atoms with Crippen molar-refractivity contribution in [1.29, 1.82) is 0 Å². The van der Waals surface area contributed by atoms with Crippen LogP contribution in [0.15, 0.2) is 17.9 Å². The van der Waals surface area contributed by atoms with E-state index < -0.39 is 17.7 Å². The fourth-order valence-corrected chi connectivity index (χ4v) is 4.28. The van der Waals surface area contributed by atoms with Gasteiger partial charge in [0.1, 0.15) is 5.57 Å². The number of hydrogen-bond acceptors (Lipinski definition) is 5. The predicted molar refractivity (Wildman–Crippen MR) is 102 cm³/mol. The SMILES string of the molecule is Cc1cc(C)c(C2=C(OC(=O)OC(C)C)C3(CCCCC3)OC2=O)c(C)c1. The summed E-state index contributed by atoms with van der Waals surface area (Å²) in [7, 11) is 0. The van der Waals surface area contributed by atoms with Gasteiger partial charge in [-0.15, -0.1) is 0 Å². The Balaban J connectivity index is 2.15. The Hall–Kier alpha value is -2.30. The van der Waals surface area contributed by atoms with Crippen LogP contribution in [0.25, 0.3) is 5.57 Å². The van der Waals surface area contributed by atoms with E-state index in [9.17, 15) is 9.59 Å². The van der Waals surface area contributed by atoms with Gasteiger partial charge in [0.05, 0.1) is 6.10 Å². The molecule has 5 heteroatoms. The third-order valence-electron chi connectivity index (χ3n) is 5.24. The molecule has 5 nitrogen and oxygen atoms in total. The second-order valence-corrected chi connectivity index (χ2v) is 7.94. The molecule has 1 fully saturated rings. The van der Waals surface area contributed by atoms with Crippen LogP contribution in [0.2, 0.25) is 0 Å². The summed E-state index contributed by atoms with van der Waals surface area (Å²) in [5.41, 5.74) is 3.35. The van der Waals surface area contributed by atoms with E-state index in [4.69, 9.17) is 14.2 Å². The first-order valence-electron chi connectivity index (χ1n) is 9.68. The van der Waals surface area contributed by atoms with E-state index in [1.165, 1.54) is 0 Å². The molecule has 0 radical (unpaired) electrons. The number of carbonyl (C=O) groups excluding carboxylic acids is 2. The highest BCUT2D eigenvalue weighted by Crippen LogP contribution is 2.48. The zero-order chi connectivity index (χ0) is 19.8. The summed E-state index contributed by atoms with van der Waals surface area (Å²) in [6.45, 7) is 9.47. The summed E-state index contributed by atoms with van der Waals surface area (Å²) >= 11 is 0. The number of esters is 1. The Labute approximate surface area is 160 Å². The lowest BCUT2D eigenvalue weighted by molar-refractivity contribution is -0.149. The maximum Gasteiger partial charge on any atom is 0.513 e. The number of aryl methyl sites for hydroxylation is 3. The van der Waals surface area contributed by atoms with Crippen LogP contribution in [0.4, 0.5) is 4.79 Å². The van der Waals surface area contributed by atoms with E-state index in [0.29, 0.717) is 24.2 Å². The van der Waals surface area contributed by atoms with Crippen molar-refractivity contribution in [3.63, 3.8) is 0 Å². The van der Waals surface area contributed by atoms with Crippen LogP contribution in [0.5, 0.6) is 0 Å². The summed E-state index contributed by atoms with van der Waals surface area (Å²) < 4.78 is 16.7. The molecule has 0 aromatic heterocycles. The third-order valence-corrected chi connectivity index (χ3v) is 5.24. The van der Waals surface area contributed by atoms with E-state index in [2.05, 4.69) is 0 Å². The second-order valence-electron chi connectivity index (χ2n) is 7.94. The molecule has 0 bridgehead atoms. The van der Waals surface area contributed by atoms with Crippen molar-refractivity contribution in [2.45, 2.75) is 78.4 Å². The second kappa shape index (κ2) is 7.37. The first kappa shape index (κ1) is 19.5. The van der Waals surface area contributed by atoms with Gasteiger partial charge in [-0.3, -0.25) is 0 Å². The Kier molecular flexibility index (Phi) is 5.31. The van der Waals surface area contributed by atoms with Gasteiger partial charge in [-0.25, -0.2) is 9.59 Å². The van der Waals surface area contributed by atoms with Crippen molar-refractivity contribution in [2.24, 2.45) is 0 Å². The molecule has 1 spiro atoms. The summed E-state index contributed by atoms with van der Waals surface area (Å²) in [5.74, 6) is -0.0906. The van der Waals surface area contributed by atoms with E-state index in [1.54, 1.807) is 13.8 Å². The Bertz CT molecular complexity index is 774. The Morgan fingerprint density at radius 3 is 2.22 bits per heavy atom. The minimum atomic E-state index is -0.857. The van der Waals surface area contributed by atoms with Gasteiger partial charge in [-0.1, -0.05) is 24.1 Å². The van der Waals surface area contributed by atoms with Gasteiger partial charge in [0, 0.05) is 0 Å². The molecule has 1 aliphatic heterocycles. The quantitative estimate of drug-likeness (QED) is 0.687. The van der Waals surface area contributed by atoms with Crippen molar-refractivity contribution in [1.82, 2.24) is 0 Å². The molecule has 1 heterocycles. The monoisotopic (exact) mass is 372 g/mol. The molecule has 2 aliphatic rings. The number of ether oxygens (including phenoxy) is 3. The highest BCUT2D eigenvalue weighted by molar-refractivity contribution is 6.20. The molecule has 1 aromatic carbocycles. The van der Waals surface area contributed by atoms with E-state index in [0.717, 1.165) is 41.5 Å². The molecule has 146 valence electrons. The normalized spacial score (nSPS) is 18.8. The average molecular weight is 372 g/mol. The van der Waals surface area contributed by atoms with Gasteiger partial charge in [0.15, 0.2) is 11.4 Å². The van der Waals surface area contributed by atoms with E-state index in [1.807, 2.05) is 32.9 Å². The van der Waals surface area contributed by atoms with Crippen molar-refractivity contribution >= 4 is 17.7 Å². The molecule has 3 rings (SSSR count). The van der Waals surface area contributed by atoms with Gasteiger partial charge in [-0.2, -0.15) is 0 Å².